The fourth-order valence-corrected chi connectivity index (χ4v) is 3.38. The smallest absolute Gasteiger partial charge is 0.319 e. The molecule has 0 fully saturated rings. The number of carbonyl (C=O) groups excluding carboxylic acids is 2. The van der Waals surface area contributed by atoms with Crippen LogP contribution in [-0.4, -0.2) is 18.5 Å². The first kappa shape index (κ1) is 15.5. The second kappa shape index (κ2) is 6.47. The molecule has 0 bridgehead atoms. The van der Waals surface area contributed by atoms with Crippen LogP contribution in [0.4, 0.5) is 16.2 Å². The summed E-state index contributed by atoms with van der Waals surface area (Å²) >= 11 is 0. The van der Waals surface area contributed by atoms with Crippen molar-refractivity contribution < 1.29 is 14.3 Å². The summed E-state index contributed by atoms with van der Waals surface area (Å²) in [6.45, 7) is -0.0124. The van der Waals surface area contributed by atoms with Gasteiger partial charge in [0.25, 0.3) is 5.91 Å². The lowest BCUT2D eigenvalue weighted by atomic mass is 9.88. The molecule has 3 N–H and O–H groups in total. The lowest BCUT2D eigenvalue weighted by Gasteiger charge is -2.26. The van der Waals surface area contributed by atoms with Crippen LogP contribution in [0.5, 0.6) is 5.75 Å². The SMILES string of the molecule is O=C1COc2cc(NC(=O)NC3CCCc4ccccc43)ccc2N1. The van der Waals surface area contributed by atoms with E-state index in [0.29, 0.717) is 17.1 Å². The van der Waals surface area contributed by atoms with Crippen molar-refractivity contribution in [2.24, 2.45) is 0 Å². The number of urea groups is 1. The van der Waals surface area contributed by atoms with Crippen molar-refractivity contribution in [1.29, 1.82) is 0 Å². The third-order valence-corrected chi connectivity index (χ3v) is 4.55. The number of carbonyl (C=O) groups is 2. The summed E-state index contributed by atoms with van der Waals surface area (Å²) < 4.78 is 5.37. The number of aryl methyl sites for hydroxylation is 1. The quantitative estimate of drug-likeness (QED) is 0.787. The highest BCUT2D eigenvalue weighted by molar-refractivity contribution is 5.96. The van der Waals surface area contributed by atoms with E-state index in [1.54, 1.807) is 18.2 Å². The first-order valence-electron chi connectivity index (χ1n) is 8.41. The Morgan fingerprint density at radius 1 is 1.20 bits per heavy atom. The Labute approximate surface area is 145 Å². The van der Waals surface area contributed by atoms with Crippen LogP contribution in [0, 0.1) is 0 Å². The molecule has 0 saturated carbocycles. The van der Waals surface area contributed by atoms with Crippen LogP contribution >= 0.6 is 0 Å². The average molecular weight is 337 g/mol. The van der Waals surface area contributed by atoms with E-state index in [1.165, 1.54) is 11.1 Å². The lowest BCUT2D eigenvalue weighted by Crippen LogP contribution is -2.34. The van der Waals surface area contributed by atoms with E-state index >= 15 is 0 Å². The minimum absolute atomic E-state index is 0.0124. The van der Waals surface area contributed by atoms with Crippen molar-refractivity contribution >= 4 is 23.3 Å². The van der Waals surface area contributed by atoms with Gasteiger partial charge in [-0.05, 0) is 42.5 Å². The van der Waals surface area contributed by atoms with Crippen LogP contribution in [0.15, 0.2) is 42.5 Å². The zero-order valence-corrected chi connectivity index (χ0v) is 13.7. The summed E-state index contributed by atoms with van der Waals surface area (Å²) in [6.07, 6.45) is 3.06. The van der Waals surface area contributed by atoms with Gasteiger partial charge >= 0.3 is 6.03 Å². The molecule has 0 spiro atoms. The molecule has 2 aromatic rings. The Morgan fingerprint density at radius 3 is 3.00 bits per heavy atom. The molecule has 2 aromatic carbocycles. The van der Waals surface area contributed by atoms with Gasteiger partial charge in [-0.25, -0.2) is 4.79 Å². The first-order valence-corrected chi connectivity index (χ1v) is 8.41. The molecule has 1 heterocycles. The largest absolute Gasteiger partial charge is 0.482 e. The molecular weight excluding hydrogens is 318 g/mol. The number of ether oxygens (including phenoxy) is 1. The Bertz CT molecular complexity index is 834. The number of amides is 3. The topological polar surface area (TPSA) is 79.5 Å². The molecule has 0 saturated heterocycles. The van der Waals surface area contributed by atoms with E-state index in [1.807, 2.05) is 12.1 Å². The number of rotatable bonds is 2. The first-order chi connectivity index (χ1) is 12.2. The summed E-state index contributed by atoms with van der Waals surface area (Å²) in [5, 5.41) is 8.61. The van der Waals surface area contributed by atoms with Crippen molar-refractivity contribution in [2.45, 2.75) is 25.3 Å². The Balaban J connectivity index is 1.44. The highest BCUT2D eigenvalue weighted by atomic mass is 16.5. The summed E-state index contributed by atoms with van der Waals surface area (Å²) in [5.41, 5.74) is 3.73. The summed E-state index contributed by atoms with van der Waals surface area (Å²) in [7, 11) is 0. The molecule has 25 heavy (non-hydrogen) atoms. The molecular formula is C19H19N3O3. The van der Waals surface area contributed by atoms with E-state index < -0.39 is 0 Å². The fraction of sp³-hybridized carbons (Fsp3) is 0.263. The molecule has 6 heteroatoms. The number of hydrogen-bond donors (Lipinski definition) is 3. The highest BCUT2D eigenvalue weighted by Crippen LogP contribution is 2.31. The second-order valence-corrected chi connectivity index (χ2v) is 6.29. The molecule has 1 aliphatic heterocycles. The highest BCUT2D eigenvalue weighted by Gasteiger charge is 2.22. The average Bonchev–Trinajstić information content (AvgIpc) is 2.62. The minimum atomic E-state index is -0.249. The molecule has 2 aliphatic rings. The van der Waals surface area contributed by atoms with E-state index in [2.05, 4.69) is 28.1 Å². The van der Waals surface area contributed by atoms with Gasteiger partial charge in [-0.2, -0.15) is 0 Å². The molecule has 1 aliphatic carbocycles. The van der Waals surface area contributed by atoms with Crippen LogP contribution < -0.4 is 20.7 Å². The minimum Gasteiger partial charge on any atom is -0.482 e. The monoisotopic (exact) mass is 337 g/mol. The molecule has 1 unspecified atom stereocenters. The van der Waals surface area contributed by atoms with Gasteiger partial charge in [0.2, 0.25) is 0 Å². The van der Waals surface area contributed by atoms with Crippen molar-refractivity contribution in [3.8, 4) is 5.75 Å². The van der Waals surface area contributed by atoms with E-state index in [4.69, 9.17) is 4.74 Å². The van der Waals surface area contributed by atoms with Gasteiger partial charge < -0.3 is 20.7 Å². The predicted octanol–water partition coefficient (Wildman–Crippen LogP) is 3.22. The fourth-order valence-electron chi connectivity index (χ4n) is 3.38. The van der Waals surface area contributed by atoms with E-state index in [0.717, 1.165) is 19.3 Å². The molecule has 128 valence electrons. The van der Waals surface area contributed by atoms with E-state index in [-0.39, 0.29) is 24.6 Å². The van der Waals surface area contributed by atoms with Gasteiger partial charge in [0.15, 0.2) is 6.61 Å². The van der Waals surface area contributed by atoms with Gasteiger partial charge in [0, 0.05) is 11.8 Å². The number of benzene rings is 2. The molecule has 0 aromatic heterocycles. The van der Waals surface area contributed by atoms with Crippen molar-refractivity contribution in [3.05, 3.63) is 53.6 Å². The zero-order chi connectivity index (χ0) is 17.2. The summed E-state index contributed by atoms with van der Waals surface area (Å²) in [5.74, 6) is 0.377. The summed E-state index contributed by atoms with van der Waals surface area (Å²) in [6, 6.07) is 13.2. The van der Waals surface area contributed by atoms with Crippen molar-refractivity contribution in [1.82, 2.24) is 5.32 Å². The van der Waals surface area contributed by atoms with Gasteiger partial charge in [0.1, 0.15) is 5.75 Å². The molecule has 4 rings (SSSR count). The maximum atomic E-state index is 12.4. The van der Waals surface area contributed by atoms with E-state index in [9.17, 15) is 9.59 Å². The zero-order valence-electron chi connectivity index (χ0n) is 13.7. The van der Waals surface area contributed by atoms with Crippen LogP contribution in [-0.2, 0) is 11.2 Å². The predicted molar refractivity (Wildman–Crippen MR) is 94.8 cm³/mol. The molecule has 6 nitrogen and oxygen atoms in total. The van der Waals surface area contributed by atoms with Crippen LogP contribution in [0.2, 0.25) is 0 Å². The van der Waals surface area contributed by atoms with Gasteiger partial charge in [-0.1, -0.05) is 24.3 Å². The van der Waals surface area contributed by atoms with Crippen LogP contribution in [0.1, 0.15) is 30.0 Å². The second-order valence-electron chi connectivity index (χ2n) is 6.29. The molecule has 0 radical (unpaired) electrons. The Kier molecular flexibility index (Phi) is 4.01. The van der Waals surface area contributed by atoms with Crippen molar-refractivity contribution in [3.63, 3.8) is 0 Å². The normalized spacial score (nSPS) is 18.2. The van der Waals surface area contributed by atoms with Gasteiger partial charge in [-0.15, -0.1) is 0 Å². The standard InChI is InChI=1S/C19H19N3O3/c23-18-11-25-17-10-13(8-9-16(17)21-18)20-19(24)22-15-7-3-5-12-4-1-2-6-14(12)15/h1-2,4,6,8-10,15H,3,5,7,11H2,(H,21,23)(H2,20,22,24). The Hall–Kier alpha value is -3.02. The number of fused-ring (bicyclic) bond motifs is 2. The number of nitrogens with one attached hydrogen (secondary N) is 3. The van der Waals surface area contributed by atoms with Gasteiger partial charge in [-0.3, -0.25) is 4.79 Å². The third-order valence-electron chi connectivity index (χ3n) is 4.55. The van der Waals surface area contributed by atoms with Gasteiger partial charge in [0.05, 0.1) is 11.7 Å². The Morgan fingerprint density at radius 2 is 2.08 bits per heavy atom. The molecule has 3 amide bonds. The lowest BCUT2D eigenvalue weighted by molar-refractivity contribution is -0.118. The van der Waals surface area contributed by atoms with Crippen LogP contribution in [0.25, 0.3) is 0 Å². The maximum absolute atomic E-state index is 12.4. The molecule has 1 atom stereocenters. The third kappa shape index (κ3) is 3.28. The van der Waals surface area contributed by atoms with Crippen LogP contribution in [0.3, 0.4) is 0 Å². The number of anilines is 2. The maximum Gasteiger partial charge on any atom is 0.319 e. The van der Waals surface area contributed by atoms with Crippen molar-refractivity contribution in [2.75, 3.05) is 17.2 Å². The number of hydrogen-bond acceptors (Lipinski definition) is 3. The summed E-state index contributed by atoms with van der Waals surface area (Å²) in [4.78, 5) is 23.7.